The molecule has 0 spiro atoms. The van der Waals surface area contributed by atoms with Crippen LogP contribution in [0.5, 0.6) is 0 Å². The van der Waals surface area contributed by atoms with Crippen LogP contribution in [0.4, 0.5) is 4.39 Å². The first-order valence-corrected chi connectivity index (χ1v) is 7.27. The molecule has 0 aliphatic carbocycles. The van der Waals surface area contributed by atoms with Crippen molar-refractivity contribution in [1.29, 1.82) is 0 Å². The number of halogens is 1. The van der Waals surface area contributed by atoms with Crippen LogP contribution >= 0.6 is 0 Å². The molecule has 21 heavy (non-hydrogen) atoms. The van der Waals surface area contributed by atoms with Gasteiger partial charge in [-0.2, -0.15) is 0 Å². The van der Waals surface area contributed by atoms with Crippen molar-refractivity contribution in [3.05, 3.63) is 59.2 Å². The van der Waals surface area contributed by atoms with Gasteiger partial charge in [-0.3, -0.25) is 4.79 Å². The molecule has 3 rings (SSSR count). The molecule has 1 aliphatic rings. The molecule has 1 atom stereocenters. The lowest BCUT2D eigenvalue weighted by Crippen LogP contribution is -2.41. The Bertz CT molecular complexity index is 677. The SMILES string of the molecule is Cc1ccc2n1CCN(C(=O)Cc1ccccc1F)C2C. The molecular weight excluding hydrogens is 267 g/mol. The molecular formula is C17H19FN2O. The largest absolute Gasteiger partial charge is 0.345 e. The van der Waals surface area contributed by atoms with Crippen LogP contribution in [0.3, 0.4) is 0 Å². The Morgan fingerprint density at radius 2 is 2.00 bits per heavy atom. The van der Waals surface area contributed by atoms with Gasteiger partial charge >= 0.3 is 0 Å². The Morgan fingerprint density at radius 1 is 1.24 bits per heavy atom. The van der Waals surface area contributed by atoms with Crippen LogP contribution in [0.15, 0.2) is 36.4 Å². The molecule has 2 aromatic rings. The molecule has 3 nitrogen and oxygen atoms in total. The maximum atomic E-state index is 13.7. The minimum absolute atomic E-state index is 0.0160. The second-order valence-corrected chi connectivity index (χ2v) is 5.58. The van der Waals surface area contributed by atoms with Crippen LogP contribution in [0, 0.1) is 12.7 Å². The molecule has 0 radical (unpaired) electrons. The van der Waals surface area contributed by atoms with Crippen molar-refractivity contribution in [1.82, 2.24) is 9.47 Å². The van der Waals surface area contributed by atoms with Crippen molar-refractivity contribution < 1.29 is 9.18 Å². The number of rotatable bonds is 2. The van der Waals surface area contributed by atoms with Crippen LogP contribution in [0.25, 0.3) is 0 Å². The van der Waals surface area contributed by atoms with Crippen LogP contribution < -0.4 is 0 Å². The van der Waals surface area contributed by atoms with Gasteiger partial charge in [-0.05, 0) is 37.6 Å². The predicted octanol–water partition coefficient (Wildman–Crippen LogP) is 3.08. The fraction of sp³-hybridized carbons (Fsp3) is 0.353. The van der Waals surface area contributed by atoms with E-state index < -0.39 is 0 Å². The van der Waals surface area contributed by atoms with Gasteiger partial charge in [0.25, 0.3) is 0 Å². The standard InChI is InChI=1S/C17H19FN2O/c1-12-7-8-16-13(2)20(10-9-19(12)16)17(21)11-14-5-3-4-6-15(14)18/h3-8,13H,9-11H2,1-2H3. The molecule has 1 amide bonds. The van der Waals surface area contributed by atoms with Gasteiger partial charge in [0.05, 0.1) is 12.5 Å². The van der Waals surface area contributed by atoms with E-state index in [4.69, 9.17) is 0 Å². The number of benzene rings is 1. The molecule has 1 aliphatic heterocycles. The minimum Gasteiger partial charge on any atom is -0.345 e. The maximum Gasteiger partial charge on any atom is 0.227 e. The van der Waals surface area contributed by atoms with E-state index in [0.717, 1.165) is 12.2 Å². The molecule has 0 N–H and O–H groups in total. The van der Waals surface area contributed by atoms with Crippen LogP contribution in [0.2, 0.25) is 0 Å². The highest BCUT2D eigenvalue weighted by atomic mass is 19.1. The smallest absolute Gasteiger partial charge is 0.227 e. The molecule has 4 heteroatoms. The summed E-state index contributed by atoms with van der Waals surface area (Å²) in [6.07, 6.45) is 0.122. The van der Waals surface area contributed by atoms with E-state index in [1.807, 2.05) is 11.8 Å². The molecule has 0 bridgehead atoms. The Kier molecular flexibility index (Phi) is 3.53. The van der Waals surface area contributed by atoms with Gasteiger partial charge in [0.15, 0.2) is 0 Å². The lowest BCUT2D eigenvalue weighted by Gasteiger charge is -2.35. The Hall–Kier alpha value is -2.10. The van der Waals surface area contributed by atoms with E-state index in [0.29, 0.717) is 12.1 Å². The van der Waals surface area contributed by atoms with Crippen LogP contribution in [0.1, 0.15) is 29.9 Å². The minimum atomic E-state index is -0.310. The number of carbonyl (C=O) groups excluding carboxylic acids is 1. The Labute approximate surface area is 124 Å². The monoisotopic (exact) mass is 286 g/mol. The summed E-state index contributed by atoms with van der Waals surface area (Å²) in [5.74, 6) is -0.326. The molecule has 0 saturated heterocycles. The number of aromatic nitrogens is 1. The van der Waals surface area contributed by atoms with Gasteiger partial charge in [0.2, 0.25) is 5.91 Å². The highest BCUT2D eigenvalue weighted by Gasteiger charge is 2.28. The van der Waals surface area contributed by atoms with Gasteiger partial charge in [-0.1, -0.05) is 18.2 Å². The molecule has 1 unspecified atom stereocenters. The molecule has 0 fully saturated rings. The van der Waals surface area contributed by atoms with Crippen molar-refractivity contribution in [3.63, 3.8) is 0 Å². The zero-order valence-electron chi connectivity index (χ0n) is 12.3. The zero-order valence-corrected chi connectivity index (χ0v) is 12.3. The van der Waals surface area contributed by atoms with Gasteiger partial charge in [0, 0.05) is 24.5 Å². The molecule has 0 saturated carbocycles. The first-order valence-electron chi connectivity index (χ1n) is 7.27. The second kappa shape index (κ2) is 5.35. The van der Waals surface area contributed by atoms with E-state index in [9.17, 15) is 9.18 Å². The van der Waals surface area contributed by atoms with Crippen molar-refractivity contribution in [3.8, 4) is 0 Å². The normalized spacial score (nSPS) is 17.7. The maximum absolute atomic E-state index is 13.7. The zero-order chi connectivity index (χ0) is 15.0. The quantitative estimate of drug-likeness (QED) is 0.833. The molecule has 2 heterocycles. The lowest BCUT2D eigenvalue weighted by molar-refractivity contribution is -0.133. The van der Waals surface area contributed by atoms with Gasteiger partial charge in [-0.15, -0.1) is 0 Å². The summed E-state index contributed by atoms with van der Waals surface area (Å²) in [6.45, 7) is 5.59. The topological polar surface area (TPSA) is 25.2 Å². The number of fused-ring (bicyclic) bond motifs is 1. The van der Waals surface area contributed by atoms with Crippen molar-refractivity contribution in [2.45, 2.75) is 32.9 Å². The Morgan fingerprint density at radius 3 is 2.76 bits per heavy atom. The van der Waals surface area contributed by atoms with E-state index in [-0.39, 0.29) is 24.2 Å². The molecule has 110 valence electrons. The fourth-order valence-corrected chi connectivity index (χ4v) is 3.07. The summed E-state index contributed by atoms with van der Waals surface area (Å²) in [5, 5.41) is 0. The van der Waals surface area contributed by atoms with E-state index >= 15 is 0 Å². The highest BCUT2D eigenvalue weighted by molar-refractivity contribution is 5.79. The lowest BCUT2D eigenvalue weighted by atomic mass is 10.1. The number of nitrogens with zero attached hydrogens (tertiary/aromatic N) is 2. The average molecular weight is 286 g/mol. The molecule has 1 aromatic carbocycles. The number of amides is 1. The van der Waals surface area contributed by atoms with E-state index in [1.165, 1.54) is 11.8 Å². The average Bonchev–Trinajstić information content (AvgIpc) is 2.84. The fourth-order valence-electron chi connectivity index (χ4n) is 3.07. The summed E-state index contributed by atoms with van der Waals surface area (Å²) >= 11 is 0. The summed E-state index contributed by atoms with van der Waals surface area (Å²) < 4.78 is 15.9. The summed E-state index contributed by atoms with van der Waals surface area (Å²) in [7, 11) is 0. The highest BCUT2D eigenvalue weighted by Crippen LogP contribution is 2.27. The van der Waals surface area contributed by atoms with Gasteiger partial charge in [-0.25, -0.2) is 4.39 Å². The number of carbonyl (C=O) groups is 1. The van der Waals surface area contributed by atoms with Crippen LogP contribution in [-0.4, -0.2) is 21.9 Å². The van der Waals surface area contributed by atoms with Crippen molar-refractivity contribution in [2.24, 2.45) is 0 Å². The number of aryl methyl sites for hydroxylation is 1. The first kappa shape index (κ1) is 13.9. The third-order valence-corrected chi connectivity index (χ3v) is 4.31. The third-order valence-electron chi connectivity index (χ3n) is 4.31. The number of hydrogen-bond donors (Lipinski definition) is 0. The molecule has 1 aromatic heterocycles. The van der Waals surface area contributed by atoms with E-state index in [2.05, 4.69) is 23.6 Å². The Balaban J connectivity index is 1.79. The predicted molar refractivity (Wildman–Crippen MR) is 79.4 cm³/mol. The second-order valence-electron chi connectivity index (χ2n) is 5.58. The summed E-state index contributed by atoms with van der Waals surface area (Å²) in [5.41, 5.74) is 2.84. The summed E-state index contributed by atoms with van der Waals surface area (Å²) in [6, 6.07) is 10.7. The van der Waals surface area contributed by atoms with Crippen molar-refractivity contribution in [2.75, 3.05) is 6.54 Å². The van der Waals surface area contributed by atoms with Crippen molar-refractivity contribution >= 4 is 5.91 Å². The first-order chi connectivity index (χ1) is 10.1. The van der Waals surface area contributed by atoms with Gasteiger partial charge in [0.1, 0.15) is 5.82 Å². The van der Waals surface area contributed by atoms with E-state index in [1.54, 1.807) is 18.2 Å². The number of hydrogen-bond acceptors (Lipinski definition) is 1. The van der Waals surface area contributed by atoms with Crippen LogP contribution in [-0.2, 0) is 17.8 Å². The summed E-state index contributed by atoms with van der Waals surface area (Å²) in [4.78, 5) is 14.3. The van der Waals surface area contributed by atoms with Gasteiger partial charge < -0.3 is 9.47 Å². The third kappa shape index (κ3) is 2.46.